The van der Waals surface area contributed by atoms with Crippen LogP contribution >= 0.6 is 0 Å². The summed E-state index contributed by atoms with van der Waals surface area (Å²) >= 11 is 0. The Morgan fingerprint density at radius 3 is 3.19 bits per heavy atom. The van der Waals surface area contributed by atoms with Crippen LogP contribution in [0.1, 0.15) is 10.5 Å². The third-order valence-electron chi connectivity index (χ3n) is 2.22. The monoisotopic (exact) mass is 226 g/mol. The fourth-order valence-corrected chi connectivity index (χ4v) is 1.41. The number of hydrogen-bond acceptors (Lipinski definition) is 5. The first-order chi connectivity index (χ1) is 7.75. The van der Waals surface area contributed by atoms with Crippen molar-refractivity contribution in [3.05, 3.63) is 11.8 Å². The van der Waals surface area contributed by atoms with E-state index in [9.17, 15) is 4.79 Å². The van der Waals surface area contributed by atoms with E-state index in [2.05, 4.69) is 15.5 Å². The maximum absolute atomic E-state index is 11.6. The minimum Gasteiger partial charge on any atom is -0.382 e. The number of rotatable bonds is 3. The summed E-state index contributed by atoms with van der Waals surface area (Å²) in [4.78, 5) is 11.6. The molecule has 0 saturated carbocycles. The van der Waals surface area contributed by atoms with E-state index in [4.69, 9.17) is 15.2 Å². The van der Waals surface area contributed by atoms with Gasteiger partial charge in [-0.05, 0) is 0 Å². The minimum atomic E-state index is -0.252. The highest BCUT2D eigenvalue weighted by atomic mass is 16.6. The lowest BCUT2D eigenvalue weighted by Crippen LogP contribution is -2.39. The number of carbonyl (C=O) groups is 1. The molecule has 16 heavy (non-hydrogen) atoms. The van der Waals surface area contributed by atoms with Gasteiger partial charge in [0.25, 0.3) is 5.91 Å². The number of carbonyl (C=O) groups excluding carboxylic acids is 1. The molecule has 1 aromatic heterocycles. The van der Waals surface area contributed by atoms with Crippen LogP contribution in [0.2, 0.25) is 0 Å². The number of hydrogen-bond donors (Lipinski definition) is 3. The van der Waals surface area contributed by atoms with Gasteiger partial charge in [0.2, 0.25) is 0 Å². The lowest BCUT2D eigenvalue weighted by molar-refractivity contribution is -0.0855. The fourth-order valence-electron chi connectivity index (χ4n) is 1.41. The van der Waals surface area contributed by atoms with Crippen molar-refractivity contribution in [1.29, 1.82) is 0 Å². The standard InChI is InChI=1S/C9H14N4O3/c10-8-3-7(12-13-8)9(14)11-4-6-5-15-1-2-16-6/h3,6H,1-2,4-5H2,(H,11,14)(H3,10,12,13). The van der Waals surface area contributed by atoms with Gasteiger partial charge in [-0.3, -0.25) is 9.89 Å². The van der Waals surface area contributed by atoms with Gasteiger partial charge in [0.1, 0.15) is 11.5 Å². The molecule has 7 nitrogen and oxygen atoms in total. The molecule has 1 fully saturated rings. The summed E-state index contributed by atoms with van der Waals surface area (Å²) in [5.74, 6) is 0.0424. The Bertz CT molecular complexity index is 359. The van der Waals surface area contributed by atoms with Crippen molar-refractivity contribution in [2.24, 2.45) is 0 Å². The summed E-state index contributed by atoms with van der Waals surface area (Å²) in [5.41, 5.74) is 5.73. The molecule has 0 spiro atoms. The van der Waals surface area contributed by atoms with Crippen molar-refractivity contribution >= 4 is 11.7 Å². The summed E-state index contributed by atoms with van der Waals surface area (Å²) in [6.07, 6.45) is -0.0852. The Hall–Kier alpha value is -1.60. The van der Waals surface area contributed by atoms with E-state index in [1.54, 1.807) is 0 Å². The maximum Gasteiger partial charge on any atom is 0.269 e. The number of nitrogens with two attached hydrogens (primary N) is 1. The van der Waals surface area contributed by atoms with Crippen LogP contribution < -0.4 is 11.1 Å². The SMILES string of the molecule is Nc1cc(C(=O)NCC2COCCO2)[nH]n1. The second kappa shape index (κ2) is 4.95. The number of anilines is 1. The van der Waals surface area contributed by atoms with Gasteiger partial charge >= 0.3 is 0 Å². The van der Waals surface area contributed by atoms with Crippen LogP contribution in [0.3, 0.4) is 0 Å². The van der Waals surface area contributed by atoms with E-state index >= 15 is 0 Å². The van der Waals surface area contributed by atoms with Crippen molar-refractivity contribution in [2.45, 2.75) is 6.10 Å². The van der Waals surface area contributed by atoms with E-state index in [1.807, 2.05) is 0 Å². The molecular weight excluding hydrogens is 212 g/mol. The van der Waals surface area contributed by atoms with Crippen LogP contribution in [-0.2, 0) is 9.47 Å². The van der Waals surface area contributed by atoms with Crippen LogP contribution in [0.25, 0.3) is 0 Å². The molecule has 1 unspecified atom stereocenters. The smallest absolute Gasteiger partial charge is 0.269 e. The number of nitrogens with one attached hydrogen (secondary N) is 2. The van der Waals surface area contributed by atoms with Crippen LogP contribution in [0.15, 0.2) is 6.07 Å². The normalized spacial score (nSPS) is 20.6. The molecule has 2 heterocycles. The molecule has 0 aliphatic carbocycles. The van der Waals surface area contributed by atoms with E-state index in [0.717, 1.165) is 0 Å². The Morgan fingerprint density at radius 2 is 2.56 bits per heavy atom. The number of nitrogen functional groups attached to an aromatic ring is 1. The Labute approximate surface area is 92.3 Å². The summed E-state index contributed by atoms with van der Waals surface area (Å²) in [5, 5.41) is 8.91. The molecule has 88 valence electrons. The minimum absolute atomic E-state index is 0.0852. The lowest BCUT2D eigenvalue weighted by Gasteiger charge is -2.22. The van der Waals surface area contributed by atoms with Crippen LogP contribution in [0.5, 0.6) is 0 Å². The van der Waals surface area contributed by atoms with E-state index < -0.39 is 0 Å². The predicted molar refractivity (Wildman–Crippen MR) is 55.9 cm³/mol. The van der Waals surface area contributed by atoms with Gasteiger partial charge in [-0.15, -0.1) is 0 Å². The zero-order chi connectivity index (χ0) is 11.4. The molecule has 0 radical (unpaired) electrons. The highest BCUT2D eigenvalue weighted by Gasteiger charge is 2.16. The van der Waals surface area contributed by atoms with Crippen LogP contribution in [-0.4, -0.2) is 48.6 Å². The number of nitrogens with zero attached hydrogens (tertiary/aromatic N) is 1. The Morgan fingerprint density at radius 1 is 1.69 bits per heavy atom. The van der Waals surface area contributed by atoms with Gasteiger partial charge in [0.05, 0.1) is 25.9 Å². The summed E-state index contributed by atoms with van der Waals surface area (Å²) < 4.78 is 10.6. The van der Waals surface area contributed by atoms with Gasteiger partial charge in [-0.25, -0.2) is 0 Å². The summed E-state index contributed by atoms with van der Waals surface area (Å²) in [6, 6.07) is 1.48. The van der Waals surface area contributed by atoms with Crippen molar-refractivity contribution in [3.63, 3.8) is 0 Å². The average molecular weight is 226 g/mol. The summed E-state index contributed by atoms with van der Waals surface area (Å²) in [7, 11) is 0. The first-order valence-corrected chi connectivity index (χ1v) is 5.04. The molecule has 1 atom stereocenters. The Kier molecular flexibility index (Phi) is 3.37. The first kappa shape index (κ1) is 10.9. The average Bonchev–Trinajstić information content (AvgIpc) is 2.74. The van der Waals surface area contributed by atoms with Gasteiger partial charge < -0.3 is 20.5 Å². The largest absolute Gasteiger partial charge is 0.382 e. The fraction of sp³-hybridized carbons (Fsp3) is 0.556. The molecule has 0 aromatic carbocycles. The molecule has 0 bridgehead atoms. The zero-order valence-electron chi connectivity index (χ0n) is 8.73. The molecule has 4 N–H and O–H groups in total. The van der Waals surface area contributed by atoms with Crippen LogP contribution in [0.4, 0.5) is 5.82 Å². The summed E-state index contributed by atoms with van der Waals surface area (Å²) in [6.45, 7) is 2.10. The third-order valence-corrected chi connectivity index (χ3v) is 2.22. The molecule has 1 amide bonds. The van der Waals surface area contributed by atoms with Crippen molar-refractivity contribution < 1.29 is 14.3 Å². The zero-order valence-corrected chi connectivity index (χ0v) is 8.73. The maximum atomic E-state index is 11.6. The molecule has 1 saturated heterocycles. The molecule has 1 aliphatic rings. The van der Waals surface area contributed by atoms with E-state index in [0.29, 0.717) is 37.9 Å². The molecule has 1 aliphatic heterocycles. The van der Waals surface area contributed by atoms with E-state index in [-0.39, 0.29) is 12.0 Å². The van der Waals surface area contributed by atoms with Gasteiger partial charge in [0.15, 0.2) is 0 Å². The lowest BCUT2D eigenvalue weighted by atomic mass is 10.3. The quantitative estimate of drug-likeness (QED) is 0.622. The van der Waals surface area contributed by atoms with Crippen molar-refractivity contribution in [3.8, 4) is 0 Å². The van der Waals surface area contributed by atoms with Crippen molar-refractivity contribution in [2.75, 3.05) is 32.1 Å². The Balaban J connectivity index is 1.79. The third kappa shape index (κ3) is 2.71. The number of aromatic nitrogens is 2. The van der Waals surface area contributed by atoms with Gasteiger partial charge in [-0.1, -0.05) is 0 Å². The topological polar surface area (TPSA) is 102 Å². The molecular formula is C9H14N4O3. The molecule has 1 aromatic rings. The highest BCUT2D eigenvalue weighted by Crippen LogP contribution is 2.02. The highest BCUT2D eigenvalue weighted by molar-refractivity contribution is 5.92. The van der Waals surface area contributed by atoms with Crippen molar-refractivity contribution in [1.82, 2.24) is 15.5 Å². The first-order valence-electron chi connectivity index (χ1n) is 5.04. The second-order valence-electron chi connectivity index (χ2n) is 3.48. The van der Waals surface area contributed by atoms with E-state index in [1.165, 1.54) is 6.07 Å². The number of aromatic amines is 1. The molecule has 2 rings (SSSR count). The number of H-pyrrole nitrogens is 1. The molecule has 7 heteroatoms. The number of ether oxygens (including phenoxy) is 2. The number of amides is 1. The van der Waals surface area contributed by atoms with Gasteiger partial charge in [0, 0.05) is 12.6 Å². The van der Waals surface area contributed by atoms with Gasteiger partial charge in [-0.2, -0.15) is 5.10 Å². The predicted octanol–water partition coefficient (Wildman–Crippen LogP) is -0.863. The second-order valence-corrected chi connectivity index (χ2v) is 3.48. The van der Waals surface area contributed by atoms with Crippen LogP contribution in [0, 0.1) is 0 Å².